The molecule has 29 heavy (non-hydrogen) atoms. The Morgan fingerprint density at radius 1 is 1.31 bits per heavy atom. The summed E-state index contributed by atoms with van der Waals surface area (Å²) in [6.07, 6.45) is 5.39. The maximum Gasteiger partial charge on any atom is 0.164 e. The third-order valence-electron chi connectivity index (χ3n) is 5.37. The quantitative estimate of drug-likeness (QED) is 0.537. The molecule has 0 saturated heterocycles. The van der Waals surface area contributed by atoms with Crippen LogP contribution in [0, 0.1) is 23.1 Å². The second-order valence-corrected chi connectivity index (χ2v) is 8.29. The van der Waals surface area contributed by atoms with Crippen molar-refractivity contribution in [3.05, 3.63) is 58.1 Å². The van der Waals surface area contributed by atoms with Crippen molar-refractivity contribution < 1.29 is 13.9 Å². The van der Waals surface area contributed by atoms with Crippen LogP contribution in [0.3, 0.4) is 0 Å². The molecule has 152 valence electrons. The number of aromatic nitrogens is 1. The van der Waals surface area contributed by atoms with Gasteiger partial charge in [-0.2, -0.15) is 5.26 Å². The maximum absolute atomic E-state index is 14.1. The summed E-state index contributed by atoms with van der Waals surface area (Å²) >= 11 is 6.05. The van der Waals surface area contributed by atoms with E-state index in [2.05, 4.69) is 4.98 Å². The molecule has 1 saturated carbocycles. The fourth-order valence-electron chi connectivity index (χ4n) is 3.71. The molecule has 0 spiro atoms. The molecule has 0 radical (unpaired) electrons. The minimum absolute atomic E-state index is 0.0135. The highest BCUT2D eigenvalue weighted by Crippen LogP contribution is 2.32. The van der Waals surface area contributed by atoms with Crippen molar-refractivity contribution in [2.75, 3.05) is 0 Å². The number of pyridine rings is 1. The van der Waals surface area contributed by atoms with Crippen molar-refractivity contribution in [2.45, 2.75) is 58.0 Å². The van der Waals surface area contributed by atoms with Gasteiger partial charge in [-0.25, -0.2) is 4.39 Å². The van der Waals surface area contributed by atoms with Crippen LogP contribution < -0.4 is 4.74 Å². The maximum atomic E-state index is 14.1. The normalized spacial score (nSPS) is 19.0. The SMILES string of the molecule is CC(C)c1ncc(C(=O)CC2CCC(Oc3ccc(C#N)c(Cl)c3)CC2)cc1F. The number of Topliss-reactive ketones (excluding diaryl/α,β-unsaturated/α-hetero) is 1. The Morgan fingerprint density at radius 2 is 2.03 bits per heavy atom. The van der Waals surface area contributed by atoms with Crippen LogP contribution in [0.2, 0.25) is 5.02 Å². The summed E-state index contributed by atoms with van der Waals surface area (Å²) in [4.78, 5) is 16.7. The van der Waals surface area contributed by atoms with Gasteiger partial charge in [-0.15, -0.1) is 0 Å². The fourth-order valence-corrected chi connectivity index (χ4v) is 3.92. The molecule has 4 nitrogen and oxygen atoms in total. The van der Waals surface area contributed by atoms with Crippen molar-refractivity contribution in [3.8, 4) is 11.8 Å². The van der Waals surface area contributed by atoms with Crippen LogP contribution in [0.5, 0.6) is 5.75 Å². The molecule has 1 aromatic heterocycles. The Bertz CT molecular complexity index is 931. The molecule has 1 aliphatic carbocycles. The zero-order valence-electron chi connectivity index (χ0n) is 16.6. The molecule has 2 aromatic rings. The smallest absolute Gasteiger partial charge is 0.164 e. The van der Waals surface area contributed by atoms with Crippen molar-refractivity contribution in [3.63, 3.8) is 0 Å². The van der Waals surface area contributed by atoms with E-state index in [9.17, 15) is 9.18 Å². The first-order valence-electron chi connectivity index (χ1n) is 9.92. The lowest BCUT2D eigenvalue weighted by atomic mass is 9.83. The number of carbonyl (C=O) groups excluding carboxylic acids is 1. The average Bonchev–Trinajstić information content (AvgIpc) is 2.69. The third kappa shape index (κ3) is 5.33. The number of halogens is 2. The van der Waals surface area contributed by atoms with Crippen LogP contribution >= 0.6 is 11.6 Å². The zero-order valence-corrected chi connectivity index (χ0v) is 17.4. The highest BCUT2D eigenvalue weighted by molar-refractivity contribution is 6.31. The Labute approximate surface area is 175 Å². The van der Waals surface area contributed by atoms with E-state index in [1.165, 1.54) is 12.3 Å². The molecule has 6 heteroatoms. The lowest BCUT2D eigenvalue weighted by Crippen LogP contribution is -2.25. The van der Waals surface area contributed by atoms with Gasteiger partial charge in [0.1, 0.15) is 17.6 Å². The number of nitrogens with zero attached hydrogens (tertiary/aromatic N) is 2. The molecule has 1 fully saturated rings. The van der Waals surface area contributed by atoms with Crippen LogP contribution in [-0.2, 0) is 0 Å². The number of carbonyl (C=O) groups is 1. The van der Waals surface area contributed by atoms with Gasteiger partial charge in [-0.05, 0) is 55.7 Å². The first-order valence-corrected chi connectivity index (χ1v) is 10.3. The van der Waals surface area contributed by atoms with Gasteiger partial charge in [0, 0.05) is 24.2 Å². The van der Waals surface area contributed by atoms with Crippen LogP contribution in [0.1, 0.15) is 73.5 Å². The second kappa shape index (κ2) is 9.37. The van der Waals surface area contributed by atoms with E-state index in [1.807, 2.05) is 19.9 Å². The third-order valence-corrected chi connectivity index (χ3v) is 5.68. The molecule has 1 aliphatic rings. The minimum Gasteiger partial charge on any atom is -0.490 e. The van der Waals surface area contributed by atoms with Gasteiger partial charge in [-0.1, -0.05) is 25.4 Å². The van der Waals surface area contributed by atoms with Gasteiger partial charge in [0.05, 0.1) is 22.4 Å². The summed E-state index contributed by atoms with van der Waals surface area (Å²) in [5.41, 5.74) is 1.16. The zero-order chi connectivity index (χ0) is 21.0. The van der Waals surface area contributed by atoms with Gasteiger partial charge < -0.3 is 4.74 Å². The molecule has 0 amide bonds. The number of ketones is 1. The van der Waals surface area contributed by atoms with Crippen molar-refractivity contribution in [2.24, 2.45) is 5.92 Å². The fraction of sp³-hybridized carbons (Fsp3) is 0.435. The topological polar surface area (TPSA) is 63.0 Å². The minimum atomic E-state index is -0.413. The van der Waals surface area contributed by atoms with Gasteiger partial charge in [0.2, 0.25) is 0 Å². The molecular weight excluding hydrogens is 391 g/mol. The van der Waals surface area contributed by atoms with Crippen molar-refractivity contribution in [1.82, 2.24) is 4.98 Å². The van der Waals surface area contributed by atoms with Crippen LogP contribution in [0.4, 0.5) is 4.39 Å². The van der Waals surface area contributed by atoms with Crippen LogP contribution in [0.15, 0.2) is 30.5 Å². The van der Waals surface area contributed by atoms with Gasteiger partial charge in [-0.3, -0.25) is 9.78 Å². The largest absolute Gasteiger partial charge is 0.490 e. The van der Waals surface area contributed by atoms with Crippen LogP contribution in [-0.4, -0.2) is 16.9 Å². The molecule has 0 aliphatic heterocycles. The number of nitriles is 1. The van der Waals surface area contributed by atoms with Gasteiger partial charge in [0.15, 0.2) is 5.78 Å². The Morgan fingerprint density at radius 3 is 2.62 bits per heavy atom. The summed E-state index contributed by atoms with van der Waals surface area (Å²) in [6, 6.07) is 8.41. The molecule has 1 aromatic carbocycles. The van der Waals surface area contributed by atoms with Crippen LogP contribution in [0.25, 0.3) is 0 Å². The van der Waals surface area contributed by atoms with Gasteiger partial charge >= 0.3 is 0 Å². The predicted octanol–water partition coefficient (Wildman–Crippen LogP) is 6.08. The van der Waals surface area contributed by atoms with Crippen molar-refractivity contribution in [1.29, 1.82) is 5.26 Å². The number of ether oxygens (including phenoxy) is 1. The molecule has 0 atom stereocenters. The lowest BCUT2D eigenvalue weighted by molar-refractivity contribution is 0.0901. The number of benzene rings is 1. The first kappa shape index (κ1) is 21.3. The van der Waals surface area contributed by atoms with Crippen molar-refractivity contribution >= 4 is 17.4 Å². The summed E-state index contributed by atoms with van der Waals surface area (Å²) < 4.78 is 20.1. The van der Waals surface area contributed by atoms with E-state index in [1.54, 1.807) is 18.2 Å². The highest BCUT2D eigenvalue weighted by atomic mass is 35.5. The molecule has 0 unspecified atom stereocenters. The van der Waals surface area contributed by atoms with E-state index in [0.29, 0.717) is 34.0 Å². The first-order chi connectivity index (χ1) is 13.9. The van der Waals surface area contributed by atoms with E-state index < -0.39 is 5.82 Å². The lowest BCUT2D eigenvalue weighted by Gasteiger charge is -2.28. The van der Waals surface area contributed by atoms with E-state index >= 15 is 0 Å². The molecular formula is C23H24ClFN2O2. The number of hydrogen-bond acceptors (Lipinski definition) is 4. The number of hydrogen-bond donors (Lipinski definition) is 0. The van der Waals surface area contributed by atoms with E-state index in [0.717, 1.165) is 25.7 Å². The monoisotopic (exact) mass is 414 g/mol. The summed E-state index contributed by atoms with van der Waals surface area (Å²) in [5.74, 6) is 0.430. The second-order valence-electron chi connectivity index (χ2n) is 7.89. The Hall–Kier alpha value is -2.45. The number of rotatable bonds is 6. The average molecular weight is 415 g/mol. The Kier molecular flexibility index (Phi) is 6.87. The van der Waals surface area contributed by atoms with E-state index in [-0.39, 0.29) is 23.7 Å². The van der Waals surface area contributed by atoms with E-state index in [4.69, 9.17) is 21.6 Å². The standard InChI is InChI=1S/C23H24ClFN2O2/c1-14(2)23-21(25)10-17(13-27-23)22(28)9-15-3-6-18(7-4-15)29-19-8-5-16(12-26)20(24)11-19/h5,8,10-11,13-15,18H,3-4,6-7,9H2,1-2H3. The predicted molar refractivity (Wildman–Crippen MR) is 110 cm³/mol. The van der Waals surface area contributed by atoms with Gasteiger partial charge in [0.25, 0.3) is 0 Å². The summed E-state index contributed by atoms with van der Waals surface area (Å²) in [6.45, 7) is 3.75. The Balaban J connectivity index is 1.52. The molecule has 0 N–H and O–H groups in total. The summed E-state index contributed by atoms with van der Waals surface area (Å²) in [7, 11) is 0. The molecule has 0 bridgehead atoms. The summed E-state index contributed by atoms with van der Waals surface area (Å²) in [5, 5.41) is 9.32. The molecule has 1 heterocycles. The highest BCUT2D eigenvalue weighted by Gasteiger charge is 2.25. The molecule has 3 rings (SSSR count).